The van der Waals surface area contributed by atoms with Crippen LogP contribution in [0, 0.1) is 0 Å². The zero-order valence-corrected chi connectivity index (χ0v) is 15.1. The van der Waals surface area contributed by atoms with Crippen LogP contribution < -0.4 is 5.32 Å². The number of hydrogen-bond acceptors (Lipinski definition) is 6. The standard InChI is InChI=1S/C18H22N2O5S/c21-14-5-3-13(4-6-14)17(22)19-10-15-11-20(7-8-24-15)18(23)25-12-16-2-1-9-26-16/h1,3-6,9,15-16,21H,2,7-8,10-12H2,(H,19,22). The van der Waals surface area contributed by atoms with E-state index in [4.69, 9.17) is 9.47 Å². The van der Waals surface area contributed by atoms with E-state index >= 15 is 0 Å². The normalized spacial score (nSPS) is 22.2. The number of benzene rings is 1. The van der Waals surface area contributed by atoms with Gasteiger partial charge in [0.15, 0.2) is 0 Å². The van der Waals surface area contributed by atoms with Crippen molar-refractivity contribution in [1.82, 2.24) is 10.2 Å². The van der Waals surface area contributed by atoms with E-state index in [-0.39, 0.29) is 23.9 Å². The van der Waals surface area contributed by atoms with E-state index in [1.165, 1.54) is 12.1 Å². The lowest BCUT2D eigenvalue weighted by atomic mass is 10.2. The molecule has 2 aliphatic heterocycles. The Hall–Kier alpha value is -2.19. The minimum absolute atomic E-state index is 0.109. The summed E-state index contributed by atoms with van der Waals surface area (Å²) >= 11 is 1.68. The number of carbonyl (C=O) groups is 2. The molecular formula is C18H22N2O5S. The van der Waals surface area contributed by atoms with Gasteiger partial charge in [-0.2, -0.15) is 0 Å². The molecule has 0 bridgehead atoms. The van der Waals surface area contributed by atoms with Crippen LogP contribution in [-0.2, 0) is 9.47 Å². The van der Waals surface area contributed by atoms with Gasteiger partial charge in [-0.25, -0.2) is 4.79 Å². The van der Waals surface area contributed by atoms with Crippen LogP contribution >= 0.6 is 11.8 Å². The maximum atomic E-state index is 12.2. The first-order valence-electron chi connectivity index (χ1n) is 8.53. The molecule has 1 fully saturated rings. The highest BCUT2D eigenvalue weighted by Gasteiger charge is 2.26. The maximum absolute atomic E-state index is 12.2. The molecule has 3 rings (SSSR count). The Bertz CT molecular complexity index is 656. The van der Waals surface area contributed by atoms with Crippen molar-refractivity contribution >= 4 is 23.8 Å². The molecule has 2 unspecified atom stereocenters. The number of hydrogen-bond donors (Lipinski definition) is 2. The predicted octanol–water partition coefficient (Wildman–Crippen LogP) is 1.98. The van der Waals surface area contributed by atoms with Gasteiger partial charge in [0.1, 0.15) is 12.4 Å². The van der Waals surface area contributed by atoms with Crippen molar-refractivity contribution < 1.29 is 24.2 Å². The van der Waals surface area contributed by atoms with Crippen LogP contribution in [0.25, 0.3) is 0 Å². The Morgan fingerprint density at radius 1 is 1.35 bits per heavy atom. The molecule has 0 aliphatic carbocycles. The van der Waals surface area contributed by atoms with E-state index in [0.717, 1.165) is 6.42 Å². The average Bonchev–Trinajstić information content (AvgIpc) is 3.18. The monoisotopic (exact) mass is 378 g/mol. The fraction of sp³-hybridized carbons (Fsp3) is 0.444. The molecule has 2 amide bonds. The molecule has 0 aromatic heterocycles. The van der Waals surface area contributed by atoms with Crippen molar-refractivity contribution in [3.05, 3.63) is 41.3 Å². The fourth-order valence-electron chi connectivity index (χ4n) is 2.72. The first-order chi connectivity index (χ1) is 12.6. The molecular weight excluding hydrogens is 356 g/mol. The van der Waals surface area contributed by atoms with E-state index in [1.54, 1.807) is 28.8 Å². The van der Waals surface area contributed by atoms with Crippen LogP contribution in [0.4, 0.5) is 4.79 Å². The zero-order chi connectivity index (χ0) is 18.4. The highest BCUT2D eigenvalue weighted by molar-refractivity contribution is 8.03. The maximum Gasteiger partial charge on any atom is 0.409 e. The Kier molecular flexibility index (Phi) is 6.40. The van der Waals surface area contributed by atoms with Crippen LogP contribution in [0.3, 0.4) is 0 Å². The lowest BCUT2D eigenvalue weighted by Gasteiger charge is -2.32. The molecule has 26 heavy (non-hydrogen) atoms. The van der Waals surface area contributed by atoms with Gasteiger partial charge in [-0.15, -0.1) is 11.8 Å². The number of thioether (sulfide) groups is 1. The Morgan fingerprint density at radius 2 is 2.15 bits per heavy atom. The number of nitrogens with one attached hydrogen (secondary N) is 1. The fourth-order valence-corrected chi connectivity index (χ4v) is 3.54. The van der Waals surface area contributed by atoms with Gasteiger partial charge >= 0.3 is 6.09 Å². The molecule has 7 nitrogen and oxygen atoms in total. The molecule has 0 saturated carbocycles. The summed E-state index contributed by atoms with van der Waals surface area (Å²) in [7, 11) is 0. The van der Waals surface area contributed by atoms with Gasteiger partial charge < -0.3 is 24.8 Å². The third-order valence-corrected chi connectivity index (χ3v) is 5.24. The number of ether oxygens (including phenoxy) is 2. The average molecular weight is 378 g/mol. The van der Waals surface area contributed by atoms with Crippen molar-refractivity contribution in [2.45, 2.75) is 17.8 Å². The molecule has 1 aromatic rings. The first kappa shape index (κ1) is 18.6. The number of aromatic hydroxyl groups is 1. The molecule has 1 aromatic carbocycles. The predicted molar refractivity (Wildman–Crippen MR) is 98.2 cm³/mol. The smallest absolute Gasteiger partial charge is 0.409 e. The number of phenols is 1. The number of amides is 2. The molecule has 8 heteroatoms. The lowest BCUT2D eigenvalue weighted by molar-refractivity contribution is -0.0252. The van der Waals surface area contributed by atoms with E-state index in [0.29, 0.717) is 43.7 Å². The molecule has 0 radical (unpaired) electrons. The molecule has 1 saturated heterocycles. The van der Waals surface area contributed by atoms with Crippen molar-refractivity contribution in [2.24, 2.45) is 0 Å². The topological polar surface area (TPSA) is 88.1 Å². The molecule has 2 N–H and O–H groups in total. The minimum atomic E-state index is -0.337. The van der Waals surface area contributed by atoms with Gasteiger partial charge in [-0.3, -0.25) is 4.79 Å². The Labute approximate surface area is 156 Å². The van der Waals surface area contributed by atoms with Crippen LogP contribution in [0.15, 0.2) is 35.7 Å². The number of rotatable bonds is 5. The summed E-state index contributed by atoms with van der Waals surface area (Å²) in [6, 6.07) is 6.02. The van der Waals surface area contributed by atoms with Gasteiger partial charge in [0.25, 0.3) is 5.91 Å². The van der Waals surface area contributed by atoms with Crippen molar-refractivity contribution in [2.75, 3.05) is 32.8 Å². The quantitative estimate of drug-likeness (QED) is 0.815. The molecule has 0 spiro atoms. The van der Waals surface area contributed by atoms with Gasteiger partial charge in [-0.05, 0) is 36.1 Å². The van der Waals surface area contributed by atoms with Crippen LogP contribution in [0.1, 0.15) is 16.8 Å². The van der Waals surface area contributed by atoms with E-state index in [2.05, 4.69) is 11.4 Å². The largest absolute Gasteiger partial charge is 0.508 e. The summed E-state index contributed by atoms with van der Waals surface area (Å²) in [5, 5.41) is 14.4. The van der Waals surface area contributed by atoms with Gasteiger partial charge in [0, 0.05) is 23.9 Å². The van der Waals surface area contributed by atoms with Gasteiger partial charge in [0.05, 0.1) is 19.3 Å². The number of allylic oxidation sites excluding steroid dienone is 1. The second kappa shape index (κ2) is 8.95. The first-order valence-corrected chi connectivity index (χ1v) is 9.47. The summed E-state index contributed by atoms with van der Waals surface area (Å²) in [6.07, 6.45) is 2.38. The van der Waals surface area contributed by atoms with Crippen LogP contribution in [0.2, 0.25) is 0 Å². The number of carbonyl (C=O) groups excluding carboxylic acids is 2. The third kappa shape index (κ3) is 5.15. The van der Waals surface area contributed by atoms with Crippen molar-refractivity contribution in [3.63, 3.8) is 0 Å². The number of nitrogens with zero attached hydrogens (tertiary/aromatic N) is 1. The van der Waals surface area contributed by atoms with Crippen LogP contribution in [-0.4, -0.2) is 66.2 Å². The second-order valence-corrected chi connectivity index (χ2v) is 7.35. The minimum Gasteiger partial charge on any atom is -0.508 e. The zero-order valence-electron chi connectivity index (χ0n) is 14.3. The van der Waals surface area contributed by atoms with Crippen molar-refractivity contribution in [1.29, 1.82) is 0 Å². The Morgan fingerprint density at radius 3 is 2.88 bits per heavy atom. The van der Waals surface area contributed by atoms with Gasteiger partial charge in [-0.1, -0.05) is 6.08 Å². The number of morpholine rings is 1. The third-order valence-electron chi connectivity index (χ3n) is 4.18. The lowest BCUT2D eigenvalue weighted by Crippen LogP contribution is -2.50. The summed E-state index contributed by atoms with van der Waals surface area (Å²) in [4.78, 5) is 25.9. The van der Waals surface area contributed by atoms with E-state index < -0.39 is 0 Å². The summed E-state index contributed by atoms with van der Waals surface area (Å²) in [5.41, 5.74) is 0.456. The summed E-state index contributed by atoms with van der Waals surface area (Å²) < 4.78 is 11.0. The Balaban J connectivity index is 1.42. The highest BCUT2D eigenvalue weighted by Crippen LogP contribution is 2.24. The number of phenolic OH excluding ortho intramolecular Hbond substituents is 1. The van der Waals surface area contributed by atoms with Gasteiger partial charge in [0.2, 0.25) is 0 Å². The molecule has 2 aliphatic rings. The van der Waals surface area contributed by atoms with Crippen molar-refractivity contribution in [3.8, 4) is 5.75 Å². The molecule has 2 heterocycles. The summed E-state index contributed by atoms with van der Waals surface area (Å²) in [5.74, 6) is -0.142. The van der Waals surface area contributed by atoms with Crippen LogP contribution in [0.5, 0.6) is 5.75 Å². The van der Waals surface area contributed by atoms with E-state index in [1.807, 2.05) is 5.41 Å². The molecule has 140 valence electrons. The second-order valence-electron chi connectivity index (χ2n) is 6.14. The molecule has 2 atom stereocenters. The SMILES string of the molecule is O=C(NCC1CN(C(=O)OCC2CC=CS2)CCO1)c1ccc(O)cc1. The summed E-state index contributed by atoms with van der Waals surface area (Å²) in [6.45, 7) is 1.97. The highest BCUT2D eigenvalue weighted by atomic mass is 32.2. The van der Waals surface area contributed by atoms with E-state index in [9.17, 15) is 14.7 Å².